The Labute approximate surface area is 155 Å². The van der Waals surface area contributed by atoms with Gasteiger partial charge in [0.25, 0.3) is 0 Å². The minimum Gasteiger partial charge on any atom is -0.286 e. The molecular weight excluding hydrogens is 336 g/mol. The average Bonchev–Trinajstić information content (AvgIpc) is 2.44. The SMILES string of the molecule is CC(COOC(C)(C)C)c1ccc2ooc2c1C(C)COOC(C)(C)C. The van der Waals surface area contributed by atoms with Crippen molar-refractivity contribution in [2.24, 2.45) is 0 Å². The van der Waals surface area contributed by atoms with Crippen LogP contribution in [-0.2, 0) is 19.6 Å². The van der Waals surface area contributed by atoms with Crippen LogP contribution < -0.4 is 0 Å². The molecule has 1 aromatic heterocycles. The molecule has 0 N–H and O–H groups in total. The van der Waals surface area contributed by atoms with E-state index >= 15 is 0 Å². The van der Waals surface area contributed by atoms with Gasteiger partial charge in [-0.1, -0.05) is 19.9 Å². The van der Waals surface area contributed by atoms with Crippen molar-refractivity contribution in [1.29, 1.82) is 0 Å². The summed E-state index contributed by atoms with van der Waals surface area (Å²) in [6, 6.07) is 3.96. The second kappa shape index (κ2) is 8.13. The van der Waals surface area contributed by atoms with E-state index < -0.39 is 0 Å². The molecule has 1 heterocycles. The van der Waals surface area contributed by atoms with Gasteiger partial charge in [-0.05, 0) is 53.2 Å². The molecule has 2 atom stereocenters. The molecule has 6 heteroatoms. The quantitative estimate of drug-likeness (QED) is 0.438. The molecule has 6 nitrogen and oxygen atoms in total. The number of rotatable bonds is 8. The Balaban J connectivity index is 2.10. The summed E-state index contributed by atoms with van der Waals surface area (Å²) in [5, 5.41) is 0. The lowest BCUT2D eigenvalue weighted by atomic mass is 9.89. The maximum atomic E-state index is 5.44. The van der Waals surface area contributed by atoms with E-state index in [0.29, 0.717) is 13.2 Å². The van der Waals surface area contributed by atoms with Gasteiger partial charge in [0.1, 0.15) is 0 Å². The molecule has 0 radical (unpaired) electrons. The summed E-state index contributed by atoms with van der Waals surface area (Å²) in [6.45, 7) is 16.7. The van der Waals surface area contributed by atoms with E-state index in [1.165, 1.54) is 0 Å². The Morgan fingerprint density at radius 2 is 1.35 bits per heavy atom. The van der Waals surface area contributed by atoms with E-state index in [-0.39, 0.29) is 23.0 Å². The van der Waals surface area contributed by atoms with Gasteiger partial charge in [-0.3, -0.25) is 9.15 Å². The third-order valence-corrected chi connectivity index (χ3v) is 3.69. The maximum Gasteiger partial charge on any atom is 0.229 e. The fourth-order valence-electron chi connectivity index (χ4n) is 2.54. The van der Waals surface area contributed by atoms with E-state index in [1.54, 1.807) is 0 Å². The highest BCUT2D eigenvalue weighted by molar-refractivity contribution is 5.77. The molecule has 2 rings (SSSR count). The Bertz CT molecular complexity index is 685. The summed E-state index contributed by atoms with van der Waals surface area (Å²) in [6.07, 6.45) is 0. The van der Waals surface area contributed by atoms with E-state index in [4.69, 9.17) is 28.7 Å². The molecule has 148 valence electrons. The molecule has 0 aliphatic carbocycles. The minimum absolute atomic E-state index is 0.0668. The fourth-order valence-corrected chi connectivity index (χ4v) is 2.54. The zero-order valence-corrected chi connectivity index (χ0v) is 17.2. The van der Waals surface area contributed by atoms with Crippen LogP contribution in [0, 0.1) is 0 Å². The summed E-state index contributed by atoms with van der Waals surface area (Å²) in [4.78, 5) is 21.7. The summed E-state index contributed by atoms with van der Waals surface area (Å²) in [5.41, 5.74) is 2.99. The van der Waals surface area contributed by atoms with Gasteiger partial charge in [-0.15, -0.1) is 0 Å². The first-order valence-electron chi connectivity index (χ1n) is 9.10. The van der Waals surface area contributed by atoms with Crippen molar-refractivity contribution >= 4 is 11.2 Å². The Hall–Kier alpha value is -1.34. The second-order valence-electron chi connectivity index (χ2n) is 8.82. The van der Waals surface area contributed by atoms with Crippen LogP contribution in [0.15, 0.2) is 21.3 Å². The van der Waals surface area contributed by atoms with E-state index in [1.807, 2.05) is 53.7 Å². The third-order valence-electron chi connectivity index (χ3n) is 3.69. The van der Waals surface area contributed by atoms with E-state index in [0.717, 1.165) is 22.3 Å². The van der Waals surface area contributed by atoms with Gasteiger partial charge < -0.3 is 0 Å². The fraction of sp³-hybridized carbons (Fsp3) is 0.700. The first kappa shape index (κ1) is 21.0. The maximum absolute atomic E-state index is 5.44. The smallest absolute Gasteiger partial charge is 0.229 e. The van der Waals surface area contributed by atoms with Gasteiger partial charge in [0.2, 0.25) is 11.2 Å². The zero-order chi connectivity index (χ0) is 19.5. The topological polar surface area (TPSA) is 63.2 Å². The lowest BCUT2D eigenvalue weighted by molar-refractivity contribution is -0.350. The summed E-state index contributed by atoms with van der Waals surface area (Å²) < 4.78 is 10.3. The predicted molar refractivity (Wildman–Crippen MR) is 98.9 cm³/mol. The molecule has 26 heavy (non-hydrogen) atoms. The third kappa shape index (κ3) is 5.84. The summed E-state index contributed by atoms with van der Waals surface area (Å²) in [5.74, 6) is 0.185. The lowest BCUT2D eigenvalue weighted by Crippen LogP contribution is -2.22. The highest BCUT2D eigenvalue weighted by Crippen LogP contribution is 2.36. The van der Waals surface area contributed by atoms with Gasteiger partial charge in [0, 0.05) is 17.4 Å². The largest absolute Gasteiger partial charge is 0.286 e. The van der Waals surface area contributed by atoms with Crippen LogP contribution >= 0.6 is 0 Å². The highest BCUT2D eigenvalue weighted by atomic mass is 17.2. The van der Waals surface area contributed by atoms with Crippen LogP contribution in [0.2, 0.25) is 0 Å². The number of hydrogen-bond donors (Lipinski definition) is 0. The van der Waals surface area contributed by atoms with Crippen LogP contribution in [0.1, 0.15) is 78.4 Å². The van der Waals surface area contributed by atoms with Gasteiger partial charge >= 0.3 is 0 Å². The van der Waals surface area contributed by atoms with Crippen molar-refractivity contribution < 1.29 is 28.7 Å². The second-order valence-corrected chi connectivity index (χ2v) is 8.82. The van der Waals surface area contributed by atoms with E-state index in [9.17, 15) is 0 Å². The van der Waals surface area contributed by atoms with E-state index in [2.05, 4.69) is 13.8 Å². The van der Waals surface area contributed by atoms with Crippen LogP contribution in [0.3, 0.4) is 0 Å². The number of fused-ring (bicyclic) bond motifs is 1. The molecule has 0 amide bonds. The van der Waals surface area contributed by atoms with Crippen LogP contribution in [0.5, 0.6) is 0 Å². The van der Waals surface area contributed by atoms with Gasteiger partial charge in [-0.2, -0.15) is 0 Å². The molecule has 2 unspecified atom stereocenters. The molecule has 0 bridgehead atoms. The van der Waals surface area contributed by atoms with Crippen molar-refractivity contribution in [3.8, 4) is 0 Å². The lowest BCUT2D eigenvalue weighted by Gasteiger charge is -2.24. The van der Waals surface area contributed by atoms with Crippen LogP contribution in [0.25, 0.3) is 11.2 Å². The molecule has 1 aromatic carbocycles. The van der Waals surface area contributed by atoms with Crippen molar-refractivity contribution in [3.05, 3.63) is 23.3 Å². The van der Waals surface area contributed by atoms with Gasteiger partial charge in [-0.25, -0.2) is 19.6 Å². The first-order valence-corrected chi connectivity index (χ1v) is 9.10. The van der Waals surface area contributed by atoms with Gasteiger partial charge in [0.15, 0.2) is 0 Å². The molecular formula is C20H32O6. The van der Waals surface area contributed by atoms with Crippen LogP contribution in [0.4, 0.5) is 0 Å². The molecule has 0 fully saturated rings. The minimum atomic E-state index is -0.352. The molecule has 0 aliphatic rings. The number of benzene rings is 1. The van der Waals surface area contributed by atoms with Gasteiger partial charge in [0.05, 0.1) is 24.4 Å². The monoisotopic (exact) mass is 368 g/mol. The van der Waals surface area contributed by atoms with Crippen LogP contribution in [-0.4, -0.2) is 24.4 Å². The average molecular weight is 368 g/mol. The number of hydrogen-bond acceptors (Lipinski definition) is 6. The molecule has 0 saturated heterocycles. The Morgan fingerprint density at radius 3 is 1.81 bits per heavy atom. The summed E-state index contributed by atoms with van der Waals surface area (Å²) >= 11 is 0. The van der Waals surface area contributed by atoms with Crippen molar-refractivity contribution in [1.82, 2.24) is 0 Å². The summed E-state index contributed by atoms with van der Waals surface area (Å²) in [7, 11) is 0. The highest BCUT2D eigenvalue weighted by Gasteiger charge is 2.25. The standard InChI is InChI=1S/C20H32O6/c1-13(11-21-25-19(3,4)5)15-9-10-16-18(24-23-16)17(15)14(2)12-22-26-20(6,7)8/h9-10,13-14H,11-12H2,1-8H3. The van der Waals surface area contributed by atoms with Crippen molar-refractivity contribution in [3.63, 3.8) is 0 Å². The normalized spacial score (nSPS) is 15.5. The van der Waals surface area contributed by atoms with Crippen molar-refractivity contribution in [2.45, 2.75) is 78.4 Å². The molecule has 0 aliphatic heterocycles. The first-order chi connectivity index (χ1) is 12.0. The Kier molecular flexibility index (Phi) is 6.55. The van der Waals surface area contributed by atoms with Crippen molar-refractivity contribution in [2.75, 3.05) is 13.2 Å². The Morgan fingerprint density at radius 1 is 0.808 bits per heavy atom. The predicted octanol–water partition coefficient (Wildman–Crippen LogP) is 5.73. The molecule has 0 saturated carbocycles. The molecule has 2 aromatic rings. The zero-order valence-electron chi connectivity index (χ0n) is 17.2. The molecule has 0 spiro atoms.